The van der Waals surface area contributed by atoms with Gasteiger partial charge in [0.1, 0.15) is 5.60 Å². The van der Waals surface area contributed by atoms with Gasteiger partial charge in [-0.05, 0) is 51.2 Å². The van der Waals surface area contributed by atoms with Crippen molar-refractivity contribution < 1.29 is 24.4 Å². The van der Waals surface area contributed by atoms with Crippen molar-refractivity contribution in [2.45, 2.75) is 39.2 Å². The zero-order chi connectivity index (χ0) is 18.6. The molecule has 8 heteroatoms. The van der Waals surface area contributed by atoms with Crippen LogP contribution in [0.5, 0.6) is 0 Å². The first kappa shape index (κ1) is 19.3. The number of ether oxygens (including phenoxy) is 1. The van der Waals surface area contributed by atoms with Crippen molar-refractivity contribution in [3.63, 3.8) is 0 Å². The molecule has 0 aromatic heterocycles. The van der Waals surface area contributed by atoms with Crippen LogP contribution in [0.15, 0.2) is 24.3 Å². The molecule has 1 saturated heterocycles. The van der Waals surface area contributed by atoms with Crippen LogP contribution in [-0.2, 0) is 9.53 Å². The molecule has 3 N–H and O–H groups in total. The van der Waals surface area contributed by atoms with Gasteiger partial charge in [0.2, 0.25) is 5.91 Å². The summed E-state index contributed by atoms with van der Waals surface area (Å²) >= 11 is 0. The third kappa shape index (κ3) is 5.76. The summed E-state index contributed by atoms with van der Waals surface area (Å²) in [6.45, 7) is 6.45. The van der Waals surface area contributed by atoms with Crippen LogP contribution >= 0.6 is 0 Å². The normalized spacial score (nSPS) is 15.6. The summed E-state index contributed by atoms with van der Waals surface area (Å²) in [6, 6.07) is 6.35. The van der Waals surface area contributed by atoms with E-state index in [9.17, 15) is 9.59 Å². The fraction of sp³-hybridized carbons (Fsp3) is 0.529. The quantitative estimate of drug-likeness (QED) is 0.707. The number of hydrogen-bond acceptors (Lipinski definition) is 5. The van der Waals surface area contributed by atoms with E-state index in [4.69, 9.17) is 14.8 Å². The number of carbonyl (C=O) groups excluding carboxylic acids is 2. The molecule has 0 aliphatic carbocycles. The Morgan fingerprint density at radius 1 is 1.16 bits per heavy atom. The van der Waals surface area contributed by atoms with Gasteiger partial charge in [-0.3, -0.25) is 4.79 Å². The molecule has 1 aromatic rings. The van der Waals surface area contributed by atoms with E-state index < -0.39 is 12.7 Å². The molecule has 0 saturated carbocycles. The molecule has 7 nitrogen and oxygen atoms in total. The number of likely N-dealkylation sites (tertiary alicyclic amines) is 1. The lowest BCUT2D eigenvalue weighted by atomic mass is 9.80. The number of nitrogens with one attached hydrogen (secondary N) is 1. The summed E-state index contributed by atoms with van der Waals surface area (Å²) in [4.78, 5) is 26.0. The first-order valence-electron chi connectivity index (χ1n) is 8.40. The molecule has 0 atom stereocenters. The molecule has 2 rings (SSSR count). The van der Waals surface area contributed by atoms with Crippen LogP contribution in [0.25, 0.3) is 0 Å². The molecule has 1 aliphatic heterocycles. The van der Waals surface area contributed by atoms with Crippen LogP contribution in [0.3, 0.4) is 0 Å². The Hall–Kier alpha value is -2.06. The van der Waals surface area contributed by atoms with Gasteiger partial charge in [-0.15, -0.1) is 0 Å². The second-order valence-electron chi connectivity index (χ2n) is 7.23. The van der Waals surface area contributed by atoms with Gasteiger partial charge in [-0.25, -0.2) is 4.79 Å². The summed E-state index contributed by atoms with van der Waals surface area (Å²) in [5, 5.41) is 21.0. The molecule has 0 radical (unpaired) electrons. The number of anilines is 1. The average molecular weight is 348 g/mol. The van der Waals surface area contributed by atoms with E-state index in [2.05, 4.69) is 5.32 Å². The molecule has 0 bridgehead atoms. The first-order valence-corrected chi connectivity index (χ1v) is 8.40. The van der Waals surface area contributed by atoms with Crippen molar-refractivity contribution in [1.29, 1.82) is 0 Å². The minimum absolute atomic E-state index is 0.0962. The van der Waals surface area contributed by atoms with Crippen molar-refractivity contribution >= 4 is 30.3 Å². The Morgan fingerprint density at radius 3 is 2.20 bits per heavy atom. The average Bonchev–Trinajstić information content (AvgIpc) is 2.54. The molecule has 0 spiro atoms. The SMILES string of the molecule is CC(C)(C)OC(=O)N1CCC(C(=O)Nc2ccc(B(O)O)cc2)CC1. The maximum atomic E-state index is 12.3. The van der Waals surface area contributed by atoms with Crippen molar-refractivity contribution in [3.05, 3.63) is 24.3 Å². The molecule has 2 amide bonds. The lowest BCUT2D eigenvalue weighted by Crippen LogP contribution is -2.43. The van der Waals surface area contributed by atoms with Crippen LogP contribution in [-0.4, -0.2) is 52.8 Å². The zero-order valence-corrected chi connectivity index (χ0v) is 14.9. The number of amides is 2. The Kier molecular flexibility index (Phi) is 6.08. The lowest BCUT2D eigenvalue weighted by Gasteiger charge is -2.32. The number of nitrogens with zero attached hydrogens (tertiary/aromatic N) is 1. The standard InChI is InChI=1S/C17H25BN2O5/c1-17(2,3)25-16(22)20-10-8-12(9-11-20)15(21)19-14-6-4-13(5-7-14)18(23)24/h4-7,12,23-24H,8-11H2,1-3H3,(H,19,21). The van der Waals surface area contributed by atoms with Gasteiger partial charge in [0, 0.05) is 24.7 Å². The number of benzene rings is 1. The van der Waals surface area contributed by atoms with Gasteiger partial charge in [-0.2, -0.15) is 0 Å². The second kappa shape index (κ2) is 7.88. The molecule has 1 heterocycles. The lowest BCUT2D eigenvalue weighted by molar-refractivity contribution is -0.121. The highest BCUT2D eigenvalue weighted by Gasteiger charge is 2.29. The molecule has 0 unspecified atom stereocenters. The fourth-order valence-electron chi connectivity index (χ4n) is 2.63. The monoisotopic (exact) mass is 348 g/mol. The van der Waals surface area contributed by atoms with Crippen LogP contribution in [0, 0.1) is 5.92 Å². The number of piperidine rings is 1. The molecular formula is C17H25BN2O5. The molecule has 136 valence electrons. The fourth-order valence-corrected chi connectivity index (χ4v) is 2.63. The summed E-state index contributed by atoms with van der Waals surface area (Å²) in [5.41, 5.74) is 0.437. The third-order valence-electron chi connectivity index (χ3n) is 3.99. The number of hydrogen-bond donors (Lipinski definition) is 3. The highest BCUT2D eigenvalue weighted by Crippen LogP contribution is 2.21. The van der Waals surface area contributed by atoms with E-state index in [1.807, 2.05) is 20.8 Å². The van der Waals surface area contributed by atoms with E-state index >= 15 is 0 Å². The van der Waals surface area contributed by atoms with E-state index in [1.165, 1.54) is 0 Å². The first-order chi connectivity index (χ1) is 11.7. The summed E-state index contributed by atoms with van der Waals surface area (Å²) in [5.74, 6) is -0.261. The summed E-state index contributed by atoms with van der Waals surface area (Å²) in [7, 11) is -1.53. The van der Waals surface area contributed by atoms with Crippen molar-refractivity contribution in [2.24, 2.45) is 5.92 Å². The van der Waals surface area contributed by atoms with E-state index in [0.717, 1.165) is 0 Å². The minimum atomic E-state index is -1.53. The zero-order valence-electron chi connectivity index (χ0n) is 14.9. The Labute approximate surface area is 148 Å². The van der Waals surface area contributed by atoms with Gasteiger partial charge in [0.05, 0.1) is 0 Å². The highest BCUT2D eigenvalue weighted by atomic mass is 16.6. The van der Waals surface area contributed by atoms with Crippen LogP contribution in [0.2, 0.25) is 0 Å². The maximum Gasteiger partial charge on any atom is 0.488 e. The van der Waals surface area contributed by atoms with Crippen molar-refractivity contribution in [2.75, 3.05) is 18.4 Å². The smallest absolute Gasteiger partial charge is 0.444 e. The predicted octanol–water partition coefficient (Wildman–Crippen LogP) is 0.952. The van der Waals surface area contributed by atoms with Crippen LogP contribution in [0.1, 0.15) is 33.6 Å². The maximum absolute atomic E-state index is 12.3. The highest BCUT2D eigenvalue weighted by molar-refractivity contribution is 6.58. The van der Waals surface area contributed by atoms with Gasteiger partial charge < -0.3 is 25.0 Å². The number of rotatable bonds is 3. The molecule has 1 fully saturated rings. The van der Waals surface area contributed by atoms with Crippen LogP contribution in [0.4, 0.5) is 10.5 Å². The largest absolute Gasteiger partial charge is 0.488 e. The van der Waals surface area contributed by atoms with Gasteiger partial charge in [0.15, 0.2) is 0 Å². The van der Waals surface area contributed by atoms with Crippen molar-refractivity contribution in [1.82, 2.24) is 4.90 Å². The van der Waals surface area contributed by atoms with E-state index in [-0.39, 0.29) is 17.9 Å². The topological polar surface area (TPSA) is 99.1 Å². The van der Waals surface area contributed by atoms with E-state index in [0.29, 0.717) is 37.1 Å². The van der Waals surface area contributed by atoms with Crippen molar-refractivity contribution in [3.8, 4) is 0 Å². The molecule has 1 aliphatic rings. The van der Waals surface area contributed by atoms with Gasteiger partial charge in [0.25, 0.3) is 0 Å². The molecule has 1 aromatic carbocycles. The Balaban J connectivity index is 1.84. The summed E-state index contributed by atoms with van der Waals surface area (Å²) in [6.07, 6.45) is 0.821. The van der Waals surface area contributed by atoms with Crippen LogP contribution < -0.4 is 10.8 Å². The number of carbonyl (C=O) groups is 2. The second-order valence-corrected chi connectivity index (χ2v) is 7.23. The predicted molar refractivity (Wildman–Crippen MR) is 95.4 cm³/mol. The Bertz CT molecular complexity index is 604. The molecule has 25 heavy (non-hydrogen) atoms. The van der Waals surface area contributed by atoms with E-state index in [1.54, 1.807) is 29.2 Å². The third-order valence-corrected chi connectivity index (χ3v) is 3.99. The summed E-state index contributed by atoms with van der Waals surface area (Å²) < 4.78 is 5.34. The Morgan fingerprint density at radius 2 is 1.72 bits per heavy atom. The minimum Gasteiger partial charge on any atom is -0.444 e. The van der Waals surface area contributed by atoms with Gasteiger partial charge in [-0.1, -0.05) is 12.1 Å². The van der Waals surface area contributed by atoms with Gasteiger partial charge >= 0.3 is 13.2 Å². The molecular weight excluding hydrogens is 323 g/mol.